The number of hydrogen-bond donors (Lipinski definition) is 2. The van der Waals surface area contributed by atoms with E-state index < -0.39 is 0 Å². The Morgan fingerprint density at radius 3 is 2.32 bits per heavy atom. The Bertz CT molecular complexity index is 1680. The summed E-state index contributed by atoms with van der Waals surface area (Å²) in [7, 11) is 0. The molecule has 2 heterocycles. The lowest BCUT2D eigenvalue weighted by Gasteiger charge is -2.18. The summed E-state index contributed by atoms with van der Waals surface area (Å²) in [6.45, 7) is 2.82. The number of H-pyrrole nitrogens is 1. The van der Waals surface area contributed by atoms with Gasteiger partial charge in [0, 0.05) is 28.7 Å². The minimum atomic E-state index is -0.144. The van der Waals surface area contributed by atoms with Gasteiger partial charge in [0.15, 0.2) is 0 Å². The number of hydrogen-bond acceptors (Lipinski definition) is 1. The zero-order valence-electron chi connectivity index (χ0n) is 20.8. The number of benzene rings is 4. The molecule has 0 saturated carbocycles. The number of aromatic nitrogens is 2. The van der Waals surface area contributed by atoms with E-state index in [-0.39, 0.29) is 11.9 Å². The van der Waals surface area contributed by atoms with Crippen LogP contribution in [0.25, 0.3) is 33.1 Å². The van der Waals surface area contributed by atoms with E-state index in [1.54, 1.807) is 0 Å². The van der Waals surface area contributed by atoms with Gasteiger partial charge in [0.1, 0.15) is 0 Å². The number of carbonyl (C=O) groups is 1. The molecular formula is C33H29N3O. The van der Waals surface area contributed by atoms with Gasteiger partial charge in [-0.05, 0) is 47.2 Å². The largest absolute Gasteiger partial charge is 0.354 e. The van der Waals surface area contributed by atoms with Crippen LogP contribution in [0.5, 0.6) is 0 Å². The molecule has 1 atom stereocenters. The number of carbonyl (C=O) groups excluding carboxylic acids is 1. The molecule has 4 nitrogen and oxygen atoms in total. The normalized spacial score (nSPS) is 12.1. The molecule has 182 valence electrons. The molecule has 4 aromatic carbocycles. The molecular weight excluding hydrogens is 454 g/mol. The van der Waals surface area contributed by atoms with Crippen molar-refractivity contribution in [1.82, 2.24) is 14.9 Å². The monoisotopic (exact) mass is 483 g/mol. The van der Waals surface area contributed by atoms with E-state index in [1.165, 1.54) is 16.5 Å². The zero-order chi connectivity index (χ0) is 25.2. The molecule has 0 aliphatic rings. The van der Waals surface area contributed by atoms with E-state index >= 15 is 0 Å². The lowest BCUT2D eigenvalue weighted by molar-refractivity contribution is -0.121. The quantitative estimate of drug-likeness (QED) is 0.247. The van der Waals surface area contributed by atoms with E-state index in [9.17, 15) is 4.79 Å². The Kier molecular flexibility index (Phi) is 6.07. The zero-order valence-corrected chi connectivity index (χ0v) is 20.8. The van der Waals surface area contributed by atoms with E-state index in [0.29, 0.717) is 6.42 Å². The number of para-hydroxylation sites is 2. The average molecular weight is 484 g/mol. The highest BCUT2D eigenvalue weighted by Crippen LogP contribution is 2.31. The second kappa shape index (κ2) is 9.82. The molecule has 4 heteroatoms. The van der Waals surface area contributed by atoms with Gasteiger partial charge in [-0.2, -0.15) is 0 Å². The smallest absolute Gasteiger partial charge is 0.225 e. The molecule has 2 N–H and O–H groups in total. The summed E-state index contributed by atoms with van der Waals surface area (Å²) >= 11 is 0. The maximum Gasteiger partial charge on any atom is 0.225 e. The van der Waals surface area contributed by atoms with Crippen molar-refractivity contribution in [1.29, 1.82) is 0 Å². The summed E-state index contributed by atoms with van der Waals surface area (Å²) < 4.78 is 2.32. The van der Waals surface area contributed by atoms with Gasteiger partial charge in [-0.3, -0.25) is 4.79 Å². The third kappa shape index (κ3) is 4.54. The van der Waals surface area contributed by atoms with E-state index in [4.69, 9.17) is 0 Å². The Morgan fingerprint density at radius 1 is 0.838 bits per heavy atom. The molecule has 0 spiro atoms. The first-order valence-corrected chi connectivity index (χ1v) is 12.7. The van der Waals surface area contributed by atoms with Crippen molar-refractivity contribution >= 4 is 27.7 Å². The van der Waals surface area contributed by atoms with Gasteiger partial charge < -0.3 is 14.9 Å². The molecule has 0 saturated heterocycles. The summed E-state index contributed by atoms with van der Waals surface area (Å²) in [6.07, 6.45) is 0.303. The van der Waals surface area contributed by atoms with Crippen LogP contribution in [-0.4, -0.2) is 15.5 Å². The Balaban J connectivity index is 1.31. The summed E-state index contributed by atoms with van der Waals surface area (Å²) in [6, 6.07) is 39.3. The van der Waals surface area contributed by atoms with Crippen LogP contribution in [0.15, 0.2) is 115 Å². The van der Waals surface area contributed by atoms with E-state index in [0.717, 1.165) is 40.0 Å². The fourth-order valence-corrected chi connectivity index (χ4v) is 5.29. The Morgan fingerprint density at radius 2 is 1.51 bits per heavy atom. The van der Waals surface area contributed by atoms with E-state index in [1.807, 2.05) is 36.4 Å². The first kappa shape index (κ1) is 22.9. The van der Waals surface area contributed by atoms with Crippen molar-refractivity contribution in [2.24, 2.45) is 0 Å². The van der Waals surface area contributed by atoms with Crippen LogP contribution in [-0.2, 0) is 17.8 Å². The molecule has 0 bridgehead atoms. The van der Waals surface area contributed by atoms with Crippen LogP contribution in [0.2, 0.25) is 0 Å². The predicted molar refractivity (Wildman–Crippen MR) is 151 cm³/mol. The minimum absolute atomic E-state index is 0.00551. The molecule has 6 rings (SSSR count). The van der Waals surface area contributed by atoms with Crippen molar-refractivity contribution in [3.63, 3.8) is 0 Å². The molecule has 6 aromatic rings. The number of amides is 1. The van der Waals surface area contributed by atoms with Crippen LogP contribution < -0.4 is 5.32 Å². The number of nitrogens with one attached hydrogen (secondary N) is 2. The predicted octanol–water partition coefficient (Wildman–Crippen LogP) is 7.26. The first-order chi connectivity index (χ1) is 18.2. The molecule has 37 heavy (non-hydrogen) atoms. The fourth-order valence-electron chi connectivity index (χ4n) is 5.29. The Hall–Kier alpha value is -4.57. The summed E-state index contributed by atoms with van der Waals surface area (Å²) in [4.78, 5) is 17.0. The van der Waals surface area contributed by atoms with Crippen LogP contribution in [0, 0.1) is 0 Å². The minimum Gasteiger partial charge on any atom is -0.354 e. The highest BCUT2D eigenvalue weighted by molar-refractivity contribution is 5.95. The molecule has 0 fully saturated rings. The Labute approximate surface area is 216 Å². The third-order valence-electron chi connectivity index (χ3n) is 7.06. The van der Waals surface area contributed by atoms with Crippen LogP contribution >= 0.6 is 0 Å². The van der Waals surface area contributed by atoms with Crippen LogP contribution in [0.1, 0.15) is 29.8 Å². The molecule has 0 aliphatic carbocycles. The summed E-state index contributed by atoms with van der Waals surface area (Å²) in [5.41, 5.74) is 7.65. The lowest BCUT2D eigenvalue weighted by atomic mass is 10.0. The molecule has 2 aromatic heterocycles. The number of nitrogens with zero attached hydrogens (tertiary/aromatic N) is 1. The molecule has 1 amide bonds. The van der Waals surface area contributed by atoms with Gasteiger partial charge in [0.2, 0.25) is 5.91 Å². The maximum atomic E-state index is 13.5. The van der Waals surface area contributed by atoms with Crippen LogP contribution in [0.4, 0.5) is 0 Å². The lowest BCUT2D eigenvalue weighted by Crippen LogP contribution is -2.29. The van der Waals surface area contributed by atoms with E-state index in [2.05, 4.69) is 101 Å². The highest BCUT2D eigenvalue weighted by Gasteiger charge is 2.20. The fraction of sp³-hybridized carbons (Fsp3) is 0.121. The number of aromatic amines is 1. The van der Waals surface area contributed by atoms with Crippen molar-refractivity contribution in [3.05, 3.63) is 132 Å². The average Bonchev–Trinajstić information content (AvgIpc) is 3.48. The highest BCUT2D eigenvalue weighted by atomic mass is 16.1. The van der Waals surface area contributed by atoms with Crippen molar-refractivity contribution in [2.75, 3.05) is 0 Å². The maximum absolute atomic E-state index is 13.5. The van der Waals surface area contributed by atoms with Crippen molar-refractivity contribution < 1.29 is 4.79 Å². The number of fused-ring (bicyclic) bond motifs is 2. The van der Waals surface area contributed by atoms with Crippen molar-refractivity contribution in [3.8, 4) is 11.3 Å². The standard InChI is InChI=1S/C33H29N3O/c1-23(31-20-26-16-8-11-19-30(26)36(31)22-24-12-4-2-5-13-24)34-32(37)21-28-27-17-9-10-18-29(27)35-33(28)25-14-6-3-7-15-25/h2-20,23,35H,21-22H2,1H3,(H,34,37). The summed E-state index contributed by atoms with van der Waals surface area (Å²) in [5.74, 6) is 0.00551. The SMILES string of the molecule is CC(NC(=O)Cc1c(-c2ccccc2)[nH]c2ccccc12)c1cc2ccccc2n1Cc1ccccc1. The van der Waals surface area contributed by atoms with Gasteiger partial charge in [0.25, 0.3) is 0 Å². The third-order valence-corrected chi connectivity index (χ3v) is 7.06. The summed E-state index contributed by atoms with van der Waals surface area (Å²) in [5, 5.41) is 5.56. The first-order valence-electron chi connectivity index (χ1n) is 12.7. The topological polar surface area (TPSA) is 49.8 Å². The van der Waals surface area contributed by atoms with Gasteiger partial charge in [-0.15, -0.1) is 0 Å². The molecule has 0 aliphatic heterocycles. The number of rotatable bonds is 7. The van der Waals surface area contributed by atoms with Crippen molar-refractivity contribution in [2.45, 2.75) is 25.9 Å². The van der Waals surface area contributed by atoms with Gasteiger partial charge >= 0.3 is 0 Å². The van der Waals surface area contributed by atoms with Gasteiger partial charge in [0.05, 0.1) is 18.2 Å². The molecule has 0 radical (unpaired) electrons. The molecule has 1 unspecified atom stereocenters. The second-order valence-electron chi connectivity index (χ2n) is 9.56. The van der Waals surface area contributed by atoms with Gasteiger partial charge in [-0.1, -0.05) is 97.1 Å². The second-order valence-corrected chi connectivity index (χ2v) is 9.56. The van der Waals surface area contributed by atoms with Gasteiger partial charge in [-0.25, -0.2) is 0 Å². The van der Waals surface area contributed by atoms with Crippen LogP contribution in [0.3, 0.4) is 0 Å².